The lowest BCUT2D eigenvalue weighted by atomic mass is 10.0. The Labute approximate surface area is 139 Å². The van der Waals surface area contributed by atoms with Crippen molar-refractivity contribution in [3.63, 3.8) is 0 Å². The maximum Gasteiger partial charge on any atom is 0.175 e. The molecule has 4 heteroatoms. The fourth-order valence-corrected chi connectivity index (χ4v) is 3.51. The number of para-hydroxylation sites is 1. The van der Waals surface area contributed by atoms with Crippen LogP contribution in [0.5, 0.6) is 0 Å². The van der Waals surface area contributed by atoms with Gasteiger partial charge in [-0.15, -0.1) is 0 Å². The van der Waals surface area contributed by atoms with Crippen LogP contribution >= 0.6 is 11.8 Å². The number of aryl methyl sites for hydroxylation is 1. The van der Waals surface area contributed by atoms with Gasteiger partial charge in [-0.05, 0) is 11.6 Å². The molecule has 0 fully saturated rings. The highest BCUT2D eigenvalue weighted by Crippen LogP contribution is 2.33. The number of fused-ring (bicyclic) bond motifs is 1. The van der Waals surface area contributed by atoms with Crippen molar-refractivity contribution in [2.45, 2.75) is 0 Å². The number of benzene rings is 2. The quantitative estimate of drug-likeness (QED) is 0.554. The van der Waals surface area contributed by atoms with Crippen molar-refractivity contribution < 1.29 is 9.90 Å². The minimum absolute atomic E-state index is 0.0963. The van der Waals surface area contributed by atoms with Gasteiger partial charge in [0.05, 0.1) is 23.6 Å². The molecule has 0 atom stereocenters. The molecule has 0 saturated carbocycles. The Morgan fingerprint density at radius 2 is 1.78 bits per heavy atom. The molecule has 0 aliphatic carbocycles. The van der Waals surface area contributed by atoms with Crippen LogP contribution in [-0.4, -0.2) is 33.6 Å². The number of carbonyl (C=O) groups excluding carboxylic acids is 1. The number of aliphatic hydroxyl groups is 1. The Hall–Kier alpha value is -2.04. The largest absolute Gasteiger partial charge is 0.396 e. The maximum absolute atomic E-state index is 12.8. The van der Waals surface area contributed by atoms with E-state index in [1.165, 1.54) is 11.8 Å². The van der Waals surface area contributed by atoms with Crippen molar-refractivity contribution >= 4 is 28.4 Å². The summed E-state index contributed by atoms with van der Waals surface area (Å²) in [6.07, 6.45) is 0. The number of nitrogens with zero attached hydrogens (tertiary/aromatic N) is 1. The van der Waals surface area contributed by atoms with Crippen molar-refractivity contribution in [1.29, 1.82) is 0 Å². The van der Waals surface area contributed by atoms with Crippen molar-refractivity contribution in [2.75, 3.05) is 18.1 Å². The first-order valence-corrected chi connectivity index (χ1v) is 8.74. The molecule has 3 rings (SSSR count). The normalized spacial score (nSPS) is 11.0. The Kier molecular flexibility index (Phi) is 4.84. The highest BCUT2D eigenvalue weighted by molar-refractivity contribution is 8.00. The van der Waals surface area contributed by atoms with Crippen molar-refractivity contribution in [2.24, 2.45) is 7.05 Å². The molecular weight excluding hydrogens is 306 g/mol. The van der Waals surface area contributed by atoms with Crippen molar-refractivity contribution in [3.8, 4) is 11.3 Å². The van der Waals surface area contributed by atoms with Crippen LogP contribution < -0.4 is 0 Å². The molecule has 118 valence electrons. The lowest BCUT2D eigenvalue weighted by Gasteiger charge is -2.08. The Balaban J connectivity index is 2.16. The van der Waals surface area contributed by atoms with Gasteiger partial charge in [-0.2, -0.15) is 11.8 Å². The van der Waals surface area contributed by atoms with Crippen LogP contribution in [0.1, 0.15) is 10.4 Å². The van der Waals surface area contributed by atoms with E-state index in [0.29, 0.717) is 11.5 Å². The monoisotopic (exact) mass is 325 g/mol. The third-order valence-corrected chi connectivity index (χ3v) is 4.84. The molecule has 23 heavy (non-hydrogen) atoms. The van der Waals surface area contributed by atoms with Crippen LogP contribution in [0.4, 0.5) is 0 Å². The number of hydrogen-bond donors (Lipinski definition) is 1. The second-order valence-corrected chi connectivity index (χ2v) is 6.47. The van der Waals surface area contributed by atoms with E-state index >= 15 is 0 Å². The number of aliphatic hydroxyl groups excluding tert-OH is 1. The maximum atomic E-state index is 12.8. The van der Waals surface area contributed by atoms with Crippen LogP contribution in [-0.2, 0) is 7.05 Å². The van der Waals surface area contributed by atoms with E-state index in [4.69, 9.17) is 5.11 Å². The summed E-state index contributed by atoms with van der Waals surface area (Å²) in [4.78, 5) is 12.8. The van der Waals surface area contributed by atoms with Gasteiger partial charge in [0.15, 0.2) is 5.78 Å². The van der Waals surface area contributed by atoms with Gasteiger partial charge in [0.2, 0.25) is 0 Å². The van der Waals surface area contributed by atoms with Gasteiger partial charge in [0.25, 0.3) is 0 Å². The van der Waals surface area contributed by atoms with Gasteiger partial charge in [0.1, 0.15) is 0 Å². The second-order valence-electron chi connectivity index (χ2n) is 5.37. The fourth-order valence-electron chi connectivity index (χ4n) is 2.91. The topological polar surface area (TPSA) is 42.2 Å². The standard InChI is InChI=1S/C19H19NO2S/c1-20-16-10-6-5-9-15(16)18(17(22)13-23-12-11-21)19(20)14-7-3-2-4-8-14/h2-10,21H,11-13H2,1H3. The Bertz CT molecular complexity index is 824. The predicted octanol–water partition coefficient (Wildman–Crippen LogP) is 3.75. The lowest BCUT2D eigenvalue weighted by Crippen LogP contribution is -2.06. The summed E-state index contributed by atoms with van der Waals surface area (Å²) in [5.41, 5.74) is 3.84. The van der Waals surface area contributed by atoms with E-state index in [1.807, 2.05) is 61.6 Å². The average molecular weight is 325 g/mol. The molecule has 0 aliphatic rings. The number of rotatable bonds is 6. The highest BCUT2D eigenvalue weighted by atomic mass is 32.2. The van der Waals surface area contributed by atoms with Gasteiger partial charge in [0, 0.05) is 23.7 Å². The second kappa shape index (κ2) is 7.02. The Morgan fingerprint density at radius 3 is 2.52 bits per heavy atom. The SMILES string of the molecule is Cn1c(-c2ccccc2)c(C(=O)CSCCO)c2ccccc21. The zero-order valence-electron chi connectivity index (χ0n) is 13.0. The van der Waals surface area contributed by atoms with Crippen LogP contribution in [0.15, 0.2) is 54.6 Å². The summed E-state index contributed by atoms with van der Waals surface area (Å²) in [5.74, 6) is 1.07. The molecule has 0 unspecified atom stereocenters. The number of thioether (sulfide) groups is 1. The molecule has 3 nitrogen and oxygen atoms in total. The summed E-state index contributed by atoms with van der Waals surface area (Å²) in [6.45, 7) is 0.0963. The predicted molar refractivity (Wildman–Crippen MR) is 97.1 cm³/mol. The molecule has 0 spiro atoms. The van der Waals surface area contributed by atoms with E-state index in [2.05, 4.69) is 4.57 Å². The van der Waals surface area contributed by atoms with Crippen LogP contribution in [0.3, 0.4) is 0 Å². The molecule has 2 aromatic carbocycles. The molecule has 3 aromatic rings. The molecule has 0 bridgehead atoms. The van der Waals surface area contributed by atoms with Crippen LogP contribution in [0.2, 0.25) is 0 Å². The molecule has 0 radical (unpaired) electrons. The minimum Gasteiger partial charge on any atom is -0.396 e. The first-order valence-electron chi connectivity index (χ1n) is 7.58. The molecule has 0 aliphatic heterocycles. The summed E-state index contributed by atoms with van der Waals surface area (Å²) in [7, 11) is 2.00. The zero-order chi connectivity index (χ0) is 16.2. The van der Waals surface area contributed by atoms with Crippen LogP contribution in [0, 0.1) is 0 Å². The highest BCUT2D eigenvalue weighted by Gasteiger charge is 2.21. The summed E-state index contributed by atoms with van der Waals surface area (Å²) >= 11 is 1.47. The fraction of sp³-hybridized carbons (Fsp3) is 0.211. The van der Waals surface area contributed by atoms with Gasteiger partial charge >= 0.3 is 0 Å². The zero-order valence-corrected chi connectivity index (χ0v) is 13.8. The van der Waals surface area contributed by atoms with Crippen LogP contribution in [0.25, 0.3) is 22.2 Å². The van der Waals surface area contributed by atoms with Crippen molar-refractivity contribution in [1.82, 2.24) is 4.57 Å². The van der Waals surface area contributed by atoms with E-state index in [1.54, 1.807) is 0 Å². The van der Waals surface area contributed by atoms with Crippen molar-refractivity contribution in [3.05, 3.63) is 60.2 Å². The van der Waals surface area contributed by atoms with E-state index < -0.39 is 0 Å². The molecular formula is C19H19NO2S. The average Bonchev–Trinajstić information content (AvgIpc) is 2.89. The summed E-state index contributed by atoms with van der Waals surface area (Å²) < 4.78 is 2.09. The van der Waals surface area contributed by atoms with E-state index in [-0.39, 0.29) is 12.4 Å². The smallest absolute Gasteiger partial charge is 0.175 e. The number of carbonyl (C=O) groups is 1. The van der Waals surface area contributed by atoms with Gasteiger partial charge in [-0.3, -0.25) is 4.79 Å². The molecule has 1 N–H and O–H groups in total. The van der Waals surface area contributed by atoms with E-state index in [0.717, 1.165) is 27.7 Å². The minimum atomic E-state index is 0.0963. The van der Waals surface area contributed by atoms with Gasteiger partial charge in [-0.1, -0.05) is 48.5 Å². The first kappa shape index (κ1) is 15.8. The molecule has 1 heterocycles. The number of Topliss-reactive ketones (excluding diaryl/α,β-unsaturated/α-hetero) is 1. The summed E-state index contributed by atoms with van der Waals surface area (Å²) in [6, 6.07) is 18.0. The van der Waals surface area contributed by atoms with E-state index in [9.17, 15) is 4.79 Å². The summed E-state index contributed by atoms with van der Waals surface area (Å²) in [5, 5.41) is 9.91. The Morgan fingerprint density at radius 1 is 1.09 bits per heavy atom. The third-order valence-electron chi connectivity index (χ3n) is 3.90. The van der Waals surface area contributed by atoms with Gasteiger partial charge < -0.3 is 9.67 Å². The lowest BCUT2D eigenvalue weighted by molar-refractivity contribution is 0.102. The first-order chi connectivity index (χ1) is 11.2. The molecule has 1 aromatic heterocycles. The van der Waals surface area contributed by atoms with Gasteiger partial charge in [-0.25, -0.2) is 0 Å². The number of ketones is 1. The number of hydrogen-bond acceptors (Lipinski definition) is 3. The number of aromatic nitrogens is 1. The third kappa shape index (κ3) is 3.05. The molecule has 0 saturated heterocycles. The molecule has 0 amide bonds.